The molecule has 0 aromatic heterocycles. The Labute approximate surface area is 116 Å². The summed E-state index contributed by atoms with van der Waals surface area (Å²) in [5.74, 6) is -0.245. The van der Waals surface area contributed by atoms with Gasteiger partial charge in [0.05, 0.1) is 6.07 Å². The highest BCUT2D eigenvalue weighted by Gasteiger charge is 2.33. The number of amides is 1. The summed E-state index contributed by atoms with van der Waals surface area (Å²) >= 11 is 9.03. The van der Waals surface area contributed by atoms with Crippen molar-refractivity contribution in [2.24, 2.45) is 0 Å². The van der Waals surface area contributed by atoms with Crippen LogP contribution in [-0.2, 0) is 4.79 Å². The molecule has 5 heteroatoms. The van der Waals surface area contributed by atoms with E-state index in [0.717, 1.165) is 38.5 Å². The van der Waals surface area contributed by atoms with E-state index in [-0.39, 0.29) is 5.91 Å². The van der Waals surface area contributed by atoms with Crippen molar-refractivity contribution < 1.29 is 4.79 Å². The number of alkyl halides is 2. The zero-order chi connectivity index (χ0) is 12.7. The summed E-state index contributed by atoms with van der Waals surface area (Å²) in [5.41, 5.74) is -0.702. The van der Waals surface area contributed by atoms with Crippen molar-refractivity contribution in [3.05, 3.63) is 0 Å². The van der Waals surface area contributed by atoms with Gasteiger partial charge in [0, 0.05) is 5.33 Å². The largest absolute Gasteiger partial charge is 0.337 e. The second-order valence-electron chi connectivity index (χ2n) is 4.57. The van der Waals surface area contributed by atoms with Crippen molar-refractivity contribution in [1.29, 1.82) is 5.26 Å². The minimum absolute atomic E-state index is 0.245. The molecule has 17 heavy (non-hydrogen) atoms. The molecule has 1 aliphatic carbocycles. The monoisotopic (exact) mass is 320 g/mol. The summed E-state index contributed by atoms with van der Waals surface area (Å²) in [5, 5.41) is 12.0. The van der Waals surface area contributed by atoms with Gasteiger partial charge >= 0.3 is 0 Å². The predicted octanol–water partition coefficient (Wildman–Crippen LogP) is 3.11. The van der Waals surface area contributed by atoms with Gasteiger partial charge in [-0.25, -0.2) is 0 Å². The first-order valence-corrected chi connectivity index (χ1v) is 7.63. The molecule has 96 valence electrons. The Bertz CT molecular complexity index is 295. The van der Waals surface area contributed by atoms with Gasteiger partial charge in [-0.1, -0.05) is 48.0 Å². The molecule has 0 radical (unpaired) electrons. The first-order chi connectivity index (χ1) is 8.13. The Morgan fingerprint density at radius 3 is 2.35 bits per heavy atom. The SMILES string of the molecule is N#CC1(NC(=O)C(Cl)CBr)CCCCCCC1. The van der Waals surface area contributed by atoms with Gasteiger partial charge in [0.2, 0.25) is 5.91 Å². The number of nitriles is 1. The first-order valence-electron chi connectivity index (χ1n) is 6.07. The van der Waals surface area contributed by atoms with Crippen LogP contribution in [0.25, 0.3) is 0 Å². The fraction of sp³-hybridized carbons (Fsp3) is 0.833. The third-order valence-corrected chi connectivity index (χ3v) is 4.58. The molecule has 0 heterocycles. The lowest BCUT2D eigenvalue weighted by Gasteiger charge is -2.30. The van der Waals surface area contributed by atoms with Gasteiger partial charge in [-0.3, -0.25) is 4.79 Å². The van der Waals surface area contributed by atoms with Gasteiger partial charge in [-0.2, -0.15) is 5.26 Å². The highest BCUT2D eigenvalue weighted by molar-refractivity contribution is 9.09. The van der Waals surface area contributed by atoms with E-state index < -0.39 is 10.9 Å². The second kappa shape index (κ2) is 7.23. The van der Waals surface area contributed by atoms with E-state index in [9.17, 15) is 10.1 Å². The average Bonchev–Trinajstić information content (AvgIpc) is 2.31. The van der Waals surface area contributed by atoms with Crippen LogP contribution in [0.5, 0.6) is 0 Å². The maximum atomic E-state index is 11.8. The van der Waals surface area contributed by atoms with Gasteiger partial charge in [0.15, 0.2) is 0 Å². The maximum absolute atomic E-state index is 11.8. The minimum Gasteiger partial charge on any atom is -0.337 e. The zero-order valence-electron chi connectivity index (χ0n) is 9.85. The van der Waals surface area contributed by atoms with Gasteiger partial charge < -0.3 is 5.32 Å². The lowest BCUT2D eigenvalue weighted by molar-refractivity contribution is -0.121. The lowest BCUT2D eigenvalue weighted by Crippen LogP contribution is -2.50. The van der Waals surface area contributed by atoms with Crippen molar-refractivity contribution >= 4 is 33.4 Å². The highest BCUT2D eigenvalue weighted by Crippen LogP contribution is 2.26. The van der Waals surface area contributed by atoms with Gasteiger partial charge in [-0.05, 0) is 12.8 Å². The molecule has 1 rings (SSSR count). The number of carbonyl (C=O) groups is 1. The van der Waals surface area contributed by atoms with Crippen LogP contribution in [0, 0.1) is 11.3 Å². The molecule has 0 aromatic rings. The zero-order valence-corrected chi connectivity index (χ0v) is 12.2. The van der Waals surface area contributed by atoms with Gasteiger partial charge in [-0.15, -0.1) is 11.6 Å². The van der Waals surface area contributed by atoms with E-state index >= 15 is 0 Å². The number of halogens is 2. The summed E-state index contributed by atoms with van der Waals surface area (Å²) < 4.78 is 0. The van der Waals surface area contributed by atoms with Crippen LogP contribution in [0.3, 0.4) is 0 Å². The molecule has 1 unspecified atom stereocenters. The molecule has 1 saturated carbocycles. The molecule has 0 bridgehead atoms. The van der Waals surface area contributed by atoms with Crippen LogP contribution in [0.15, 0.2) is 0 Å². The summed E-state index contributed by atoms with van der Waals surface area (Å²) in [7, 11) is 0. The topological polar surface area (TPSA) is 52.9 Å². The Balaban J connectivity index is 2.66. The van der Waals surface area contributed by atoms with E-state index in [0.29, 0.717) is 5.33 Å². The smallest absolute Gasteiger partial charge is 0.240 e. The van der Waals surface area contributed by atoms with Crippen LogP contribution in [-0.4, -0.2) is 22.2 Å². The molecular weight excluding hydrogens is 304 g/mol. The fourth-order valence-corrected chi connectivity index (χ4v) is 2.51. The molecule has 0 aromatic carbocycles. The minimum atomic E-state index is -0.702. The first kappa shape index (κ1) is 14.8. The third-order valence-electron chi connectivity index (χ3n) is 3.20. The third kappa shape index (κ3) is 4.48. The molecule has 3 nitrogen and oxygen atoms in total. The van der Waals surface area contributed by atoms with Gasteiger partial charge in [0.25, 0.3) is 0 Å². The number of hydrogen-bond acceptors (Lipinski definition) is 2. The van der Waals surface area contributed by atoms with E-state index in [1.54, 1.807) is 0 Å². The summed E-state index contributed by atoms with van der Waals surface area (Å²) in [6, 6.07) is 2.29. The highest BCUT2D eigenvalue weighted by atomic mass is 79.9. The molecule has 1 fully saturated rings. The fourth-order valence-electron chi connectivity index (χ4n) is 2.16. The Kier molecular flexibility index (Phi) is 6.29. The Morgan fingerprint density at radius 2 is 1.88 bits per heavy atom. The van der Waals surface area contributed by atoms with Crippen molar-refractivity contribution in [2.75, 3.05) is 5.33 Å². The van der Waals surface area contributed by atoms with Crippen molar-refractivity contribution in [2.45, 2.75) is 55.9 Å². The lowest BCUT2D eigenvalue weighted by atomic mass is 9.85. The number of carbonyl (C=O) groups excluding carboxylic acids is 1. The molecule has 1 N–H and O–H groups in total. The normalized spacial score (nSPS) is 21.7. The number of nitrogens with one attached hydrogen (secondary N) is 1. The molecule has 1 aliphatic rings. The van der Waals surface area contributed by atoms with Crippen LogP contribution in [0.4, 0.5) is 0 Å². The van der Waals surface area contributed by atoms with Crippen LogP contribution >= 0.6 is 27.5 Å². The molecule has 1 atom stereocenters. The molecule has 0 spiro atoms. The molecule has 1 amide bonds. The number of nitrogens with zero attached hydrogens (tertiary/aromatic N) is 1. The van der Waals surface area contributed by atoms with Crippen LogP contribution in [0.2, 0.25) is 0 Å². The summed E-state index contributed by atoms with van der Waals surface area (Å²) in [6.07, 6.45) is 6.98. The van der Waals surface area contributed by atoms with E-state index in [4.69, 9.17) is 11.6 Å². The standard InChI is InChI=1S/C12H18BrClN2O/c13-8-10(14)11(17)16-12(9-15)6-4-2-1-3-5-7-12/h10H,1-8H2,(H,16,17). The number of rotatable bonds is 3. The van der Waals surface area contributed by atoms with Crippen molar-refractivity contribution in [3.8, 4) is 6.07 Å². The predicted molar refractivity (Wildman–Crippen MR) is 72.2 cm³/mol. The van der Waals surface area contributed by atoms with Gasteiger partial charge in [0.1, 0.15) is 10.9 Å². The quantitative estimate of drug-likeness (QED) is 0.812. The van der Waals surface area contributed by atoms with E-state index in [1.807, 2.05) is 0 Å². The van der Waals surface area contributed by atoms with E-state index in [1.165, 1.54) is 6.42 Å². The summed E-state index contributed by atoms with van der Waals surface area (Å²) in [6.45, 7) is 0. The maximum Gasteiger partial charge on any atom is 0.240 e. The number of hydrogen-bond donors (Lipinski definition) is 1. The molecular formula is C12H18BrClN2O. The van der Waals surface area contributed by atoms with E-state index in [2.05, 4.69) is 27.3 Å². The van der Waals surface area contributed by atoms with Crippen molar-refractivity contribution in [1.82, 2.24) is 5.32 Å². The Hall–Kier alpha value is -0.270. The van der Waals surface area contributed by atoms with Crippen LogP contribution in [0.1, 0.15) is 44.9 Å². The Morgan fingerprint density at radius 1 is 1.35 bits per heavy atom. The second-order valence-corrected chi connectivity index (χ2v) is 5.75. The molecule has 0 aliphatic heterocycles. The van der Waals surface area contributed by atoms with Crippen LogP contribution < -0.4 is 5.32 Å². The molecule has 0 saturated heterocycles. The average molecular weight is 322 g/mol. The van der Waals surface area contributed by atoms with Crippen molar-refractivity contribution in [3.63, 3.8) is 0 Å². The summed E-state index contributed by atoms with van der Waals surface area (Å²) in [4.78, 5) is 11.8.